The van der Waals surface area contributed by atoms with Crippen molar-refractivity contribution < 1.29 is 18.0 Å². The van der Waals surface area contributed by atoms with Gasteiger partial charge in [0.25, 0.3) is 5.91 Å². The van der Waals surface area contributed by atoms with Gasteiger partial charge in [0.1, 0.15) is 5.69 Å². The molecular weight excluding hydrogens is 509 g/mol. The van der Waals surface area contributed by atoms with Crippen LogP contribution in [0, 0.1) is 6.92 Å². The number of carbonyl (C=O) groups excluding carboxylic acids is 1. The maximum absolute atomic E-state index is 13.3. The van der Waals surface area contributed by atoms with Crippen LogP contribution in [0.25, 0.3) is 17.0 Å². The molecule has 0 saturated carbocycles. The molecule has 1 aromatic carbocycles. The summed E-state index contributed by atoms with van der Waals surface area (Å²) in [6, 6.07) is 8.43. The molecule has 1 atom stereocenters. The van der Waals surface area contributed by atoms with Gasteiger partial charge in [-0.1, -0.05) is 12.1 Å². The van der Waals surface area contributed by atoms with Gasteiger partial charge in [-0.05, 0) is 68.4 Å². The van der Waals surface area contributed by atoms with E-state index in [1.807, 2.05) is 16.3 Å². The van der Waals surface area contributed by atoms with Gasteiger partial charge in [-0.25, -0.2) is 0 Å². The summed E-state index contributed by atoms with van der Waals surface area (Å²) in [5.74, 6) is 0.0936. The van der Waals surface area contributed by atoms with Crippen LogP contribution in [-0.2, 0) is 6.42 Å². The number of amides is 1. The number of piperazine rings is 1. The van der Waals surface area contributed by atoms with Gasteiger partial charge in [-0.15, -0.1) is 11.3 Å². The van der Waals surface area contributed by atoms with Crippen molar-refractivity contribution in [2.24, 2.45) is 0 Å². The number of likely N-dealkylation sites (tertiary alicyclic amines) is 1. The molecule has 0 bridgehead atoms. The zero-order valence-corrected chi connectivity index (χ0v) is 22.4. The van der Waals surface area contributed by atoms with Gasteiger partial charge in [0, 0.05) is 72.0 Å². The SMILES string of the molecule is Cc1ccc2cc(C(=O)N3CCC[C@H]3CCN3CCN(c4csc5c4CCC(C(F)(F)F)=C5)CC3)[nH]c2c1. The van der Waals surface area contributed by atoms with E-state index in [4.69, 9.17) is 0 Å². The summed E-state index contributed by atoms with van der Waals surface area (Å²) < 4.78 is 39.4. The Bertz CT molecular complexity index is 1370. The van der Waals surface area contributed by atoms with Crippen LogP contribution in [0.5, 0.6) is 0 Å². The number of hydrogen-bond acceptors (Lipinski definition) is 4. The van der Waals surface area contributed by atoms with Gasteiger partial charge >= 0.3 is 6.18 Å². The van der Waals surface area contributed by atoms with Gasteiger partial charge in [0.05, 0.1) is 5.69 Å². The molecule has 3 aliphatic rings. The lowest BCUT2D eigenvalue weighted by atomic mass is 9.96. The van der Waals surface area contributed by atoms with E-state index < -0.39 is 11.7 Å². The summed E-state index contributed by atoms with van der Waals surface area (Å²) in [5, 5.41) is 3.10. The Morgan fingerprint density at radius 3 is 2.71 bits per heavy atom. The van der Waals surface area contributed by atoms with Crippen LogP contribution in [0.4, 0.5) is 18.9 Å². The molecule has 6 rings (SSSR count). The Balaban J connectivity index is 1.03. The quantitative estimate of drug-likeness (QED) is 0.415. The largest absolute Gasteiger partial charge is 0.412 e. The first-order valence-electron chi connectivity index (χ1n) is 13.5. The zero-order valence-electron chi connectivity index (χ0n) is 21.6. The Hall–Kier alpha value is -2.78. The lowest BCUT2D eigenvalue weighted by Gasteiger charge is -2.37. The first kappa shape index (κ1) is 25.5. The molecule has 2 aliphatic heterocycles. The van der Waals surface area contributed by atoms with Crippen molar-refractivity contribution in [1.29, 1.82) is 0 Å². The average molecular weight is 543 g/mol. The number of alkyl halides is 3. The minimum atomic E-state index is -4.23. The molecule has 202 valence electrons. The van der Waals surface area contributed by atoms with Crippen LogP contribution in [0.15, 0.2) is 35.2 Å². The van der Waals surface area contributed by atoms with Crippen LogP contribution in [0.3, 0.4) is 0 Å². The number of fused-ring (bicyclic) bond motifs is 2. The molecule has 1 amide bonds. The molecule has 38 heavy (non-hydrogen) atoms. The minimum absolute atomic E-state index is 0.0644. The number of halogens is 3. The van der Waals surface area contributed by atoms with Gasteiger partial charge < -0.3 is 14.8 Å². The molecule has 0 spiro atoms. The third-order valence-electron chi connectivity index (χ3n) is 8.36. The molecule has 0 unspecified atom stereocenters. The first-order chi connectivity index (χ1) is 18.3. The average Bonchev–Trinajstić information content (AvgIpc) is 3.64. The predicted molar refractivity (Wildman–Crippen MR) is 147 cm³/mol. The Morgan fingerprint density at radius 1 is 1.11 bits per heavy atom. The number of carbonyl (C=O) groups is 1. The van der Waals surface area contributed by atoms with E-state index in [0.29, 0.717) is 12.1 Å². The van der Waals surface area contributed by atoms with E-state index >= 15 is 0 Å². The number of anilines is 1. The van der Waals surface area contributed by atoms with Crippen molar-refractivity contribution in [1.82, 2.24) is 14.8 Å². The molecule has 2 fully saturated rings. The summed E-state index contributed by atoms with van der Waals surface area (Å²) in [5.41, 5.74) is 4.62. The molecule has 2 saturated heterocycles. The second-order valence-corrected chi connectivity index (χ2v) is 11.7. The van der Waals surface area contributed by atoms with Gasteiger partial charge in [0.15, 0.2) is 0 Å². The maximum Gasteiger partial charge on any atom is 0.412 e. The summed E-state index contributed by atoms with van der Waals surface area (Å²) in [6.07, 6.45) is 0.674. The van der Waals surface area contributed by atoms with Gasteiger partial charge in [0.2, 0.25) is 0 Å². The fraction of sp³-hybridized carbons (Fsp3) is 0.483. The van der Waals surface area contributed by atoms with E-state index in [0.717, 1.165) is 85.6 Å². The molecule has 3 aromatic rings. The highest BCUT2D eigenvalue weighted by molar-refractivity contribution is 7.11. The lowest BCUT2D eigenvalue weighted by molar-refractivity contribution is -0.0931. The highest BCUT2D eigenvalue weighted by Crippen LogP contribution is 2.41. The Labute approximate surface area is 224 Å². The molecule has 0 radical (unpaired) electrons. The summed E-state index contributed by atoms with van der Waals surface area (Å²) in [4.78, 5) is 24.3. The number of rotatable bonds is 5. The highest BCUT2D eigenvalue weighted by Gasteiger charge is 2.36. The van der Waals surface area contributed by atoms with E-state index in [1.54, 1.807) is 0 Å². The number of hydrogen-bond donors (Lipinski definition) is 1. The number of nitrogens with zero attached hydrogens (tertiary/aromatic N) is 3. The number of aromatic amines is 1. The first-order valence-corrected chi connectivity index (χ1v) is 14.4. The molecule has 5 nitrogen and oxygen atoms in total. The number of allylic oxidation sites excluding steroid dienone is 1. The number of benzene rings is 1. The molecule has 4 heterocycles. The van der Waals surface area contributed by atoms with Crippen molar-refractivity contribution in [2.45, 2.75) is 51.2 Å². The van der Waals surface area contributed by atoms with Crippen LogP contribution in [0.2, 0.25) is 0 Å². The molecule has 2 aromatic heterocycles. The topological polar surface area (TPSA) is 42.6 Å². The van der Waals surface area contributed by atoms with Crippen LogP contribution in [0.1, 0.15) is 52.2 Å². The fourth-order valence-corrected chi connectivity index (χ4v) is 7.29. The summed E-state index contributed by atoms with van der Waals surface area (Å²) in [6.45, 7) is 7.41. The number of aromatic nitrogens is 1. The van der Waals surface area contributed by atoms with E-state index in [-0.39, 0.29) is 18.4 Å². The highest BCUT2D eigenvalue weighted by atomic mass is 32.1. The van der Waals surface area contributed by atoms with Crippen molar-refractivity contribution >= 4 is 39.9 Å². The van der Waals surface area contributed by atoms with Gasteiger partial charge in [-0.2, -0.15) is 13.2 Å². The van der Waals surface area contributed by atoms with Crippen LogP contribution in [-0.4, -0.2) is 72.2 Å². The molecule has 1 N–H and O–H groups in total. The number of H-pyrrole nitrogens is 1. The van der Waals surface area contributed by atoms with E-state index in [1.165, 1.54) is 23.0 Å². The van der Waals surface area contributed by atoms with E-state index in [9.17, 15) is 18.0 Å². The molecule has 1 aliphatic carbocycles. The van der Waals surface area contributed by atoms with Crippen molar-refractivity contribution in [3.05, 3.63) is 56.9 Å². The molecular formula is C29H33F3N4OS. The number of nitrogens with one attached hydrogen (secondary N) is 1. The van der Waals surface area contributed by atoms with Crippen molar-refractivity contribution in [3.63, 3.8) is 0 Å². The third-order valence-corrected chi connectivity index (χ3v) is 9.32. The smallest absolute Gasteiger partial charge is 0.368 e. The van der Waals surface area contributed by atoms with Crippen LogP contribution < -0.4 is 4.90 Å². The molecule has 9 heteroatoms. The predicted octanol–water partition coefficient (Wildman–Crippen LogP) is 6.25. The summed E-state index contributed by atoms with van der Waals surface area (Å²) in [7, 11) is 0. The standard InChI is InChI=1S/C29H33F3N4OS/c1-19-4-5-20-16-25(33-24(20)15-19)28(37)36-9-2-3-22(36)8-10-34-11-13-35(14-12-34)26-18-38-27-17-21(29(30,31)32)6-7-23(26)27/h4-5,15-18,22,33H,2-3,6-14H2,1H3/t22-/m0/s1. The van der Waals surface area contributed by atoms with Crippen molar-refractivity contribution in [2.75, 3.05) is 44.2 Å². The maximum atomic E-state index is 13.3. The summed E-state index contributed by atoms with van der Waals surface area (Å²) >= 11 is 1.42. The van der Waals surface area contributed by atoms with E-state index in [2.05, 4.69) is 39.9 Å². The van der Waals surface area contributed by atoms with Crippen LogP contribution >= 0.6 is 11.3 Å². The normalized spacial score (nSPS) is 20.7. The third kappa shape index (κ3) is 4.98. The fourth-order valence-electron chi connectivity index (χ4n) is 6.20. The minimum Gasteiger partial charge on any atom is -0.368 e. The Kier molecular flexibility index (Phi) is 6.76. The number of aryl methyl sites for hydroxylation is 1. The monoisotopic (exact) mass is 542 g/mol. The number of thiophene rings is 1. The van der Waals surface area contributed by atoms with Gasteiger partial charge in [-0.3, -0.25) is 9.69 Å². The second-order valence-electron chi connectivity index (χ2n) is 10.8. The van der Waals surface area contributed by atoms with Crippen molar-refractivity contribution in [3.8, 4) is 0 Å². The lowest BCUT2D eigenvalue weighted by Crippen LogP contribution is -2.48. The zero-order chi connectivity index (χ0) is 26.4. The second kappa shape index (κ2) is 10.1. The Morgan fingerprint density at radius 2 is 1.92 bits per heavy atom.